The van der Waals surface area contributed by atoms with Crippen LogP contribution in [0.25, 0.3) is 0 Å². The van der Waals surface area contributed by atoms with Crippen LogP contribution in [-0.4, -0.2) is 76.8 Å². The molecule has 0 spiro atoms. The highest BCUT2D eigenvalue weighted by Gasteiger charge is 2.34. The number of thioether (sulfide) groups is 1. The van der Waals surface area contributed by atoms with Crippen LogP contribution in [0.4, 0.5) is 0 Å². The summed E-state index contributed by atoms with van der Waals surface area (Å²) in [5.41, 5.74) is 0. The monoisotopic (exact) mass is 387 g/mol. The average molecular weight is 388 g/mol. The van der Waals surface area contributed by atoms with Crippen molar-refractivity contribution >= 4 is 27.5 Å². The molecule has 140 valence electrons. The highest BCUT2D eigenvalue weighted by Crippen LogP contribution is 2.23. The molecule has 0 aliphatic carbocycles. The Morgan fingerprint density at radius 3 is 2.52 bits per heavy atom. The van der Waals surface area contributed by atoms with Crippen molar-refractivity contribution in [1.82, 2.24) is 4.90 Å². The van der Waals surface area contributed by atoms with Crippen LogP contribution in [0.5, 0.6) is 5.75 Å². The van der Waals surface area contributed by atoms with Crippen LogP contribution in [0, 0.1) is 0 Å². The number of rotatable bonds is 8. The second-order valence-electron chi connectivity index (χ2n) is 6.57. The minimum atomic E-state index is -3.01. The molecule has 25 heavy (non-hydrogen) atoms. The molecule has 1 N–H and O–H groups in total. The first-order valence-corrected chi connectivity index (χ1v) is 11.2. The Morgan fingerprint density at radius 1 is 1.32 bits per heavy atom. The molecule has 0 saturated carbocycles. The third-order valence-corrected chi connectivity index (χ3v) is 6.99. The van der Waals surface area contributed by atoms with E-state index >= 15 is 0 Å². The molecule has 1 aliphatic heterocycles. The van der Waals surface area contributed by atoms with E-state index in [1.807, 2.05) is 38.4 Å². The molecule has 1 amide bonds. The van der Waals surface area contributed by atoms with Crippen LogP contribution in [0.15, 0.2) is 29.2 Å². The van der Waals surface area contributed by atoms with Gasteiger partial charge in [0.05, 0.1) is 51.6 Å². The number of hydrogen-bond donors (Lipinski definition) is 1. The first kappa shape index (κ1) is 20.1. The molecule has 0 bridgehead atoms. The van der Waals surface area contributed by atoms with Gasteiger partial charge in [0.1, 0.15) is 5.75 Å². The van der Waals surface area contributed by atoms with E-state index < -0.39 is 9.84 Å². The van der Waals surface area contributed by atoms with Crippen molar-refractivity contribution in [2.75, 3.05) is 51.6 Å². The number of amides is 1. The predicted molar refractivity (Wildman–Crippen MR) is 100 cm³/mol. The minimum Gasteiger partial charge on any atom is -0.497 e. The standard InChI is InChI=1S/C17H26N2O4S2/c1-18(2)9-10-19(14-8-11-25(21,22)13-14)17(20)12-24-16-6-4-15(23-3)5-7-16/h4-7,14H,8-13H2,1-3H3/p+1/t14-/m0/s1. The van der Waals surface area contributed by atoms with Gasteiger partial charge in [0, 0.05) is 10.9 Å². The van der Waals surface area contributed by atoms with Gasteiger partial charge in [0.25, 0.3) is 0 Å². The second-order valence-corrected chi connectivity index (χ2v) is 9.84. The fraction of sp³-hybridized carbons (Fsp3) is 0.588. The molecule has 1 aromatic carbocycles. The van der Waals surface area contributed by atoms with E-state index in [1.165, 1.54) is 16.7 Å². The fourth-order valence-electron chi connectivity index (χ4n) is 2.78. The molecule has 6 nitrogen and oxygen atoms in total. The summed E-state index contributed by atoms with van der Waals surface area (Å²) in [6.45, 7) is 1.39. The smallest absolute Gasteiger partial charge is 0.233 e. The van der Waals surface area contributed by atoms with Gasteiger partial charge in [-0.15, -0.1) is 11.8 Å². The molecule has 2 rings (SSSR count). The molecule has 1 heterocycles. The summed E-state index contributed by atoms with van der Waals surface area (Å²) in [5, 5.41) is 0. The molecule has 0 unspecified atom stereocenters. The maximum absolute atomic E-state index is 12.7. The van der Waals surface area contributed by atoms with Gasteiger partial charge in [-0.1, -0.05) is 0 Å². The van der Waals surface area contributed by atoms with E-state index in [0.717, 1.165) is 17.2 Å². The molecule has 1 aromatic rings. The lowest BCUT2D eigenvalue weighted by Gasteiger charge is -2.28. The zero-order valence-electron chi connectivity index (χ0n) is 15.0. The Bertz CT molecular complexity index is 674. The Hall–Kier alpha value is -1.25. The van der Waals surface area contributed by atoms with Gasteiger partial charge in [0.15, 0.2) is 9.84 Å². The summed E-state index contributed by atoms with van der Waals surface area (Å²) in [4.78, 5) is 16.7. The van der Waals surface area contributed by atoms with E-state index in [2.05, 4.69) is 0 Å². The third kappa shape index (κ3) is 6.20. The van der Waals surface area contributed by atoms with Crippen molar-refractivity contribution in [3.8, 4) is 5.75 Å². The molecule has 1 aliphatic rings. The van der Waals surface area contributed by atoms with E-state index in [0.29, 0.717) is 18.7 Å². The number of quaternary nitrogens is 1. The molecule has 0 aromatic heterocycles. The number of hydrogen-bond acceptors (Lipinski definition) is 5. The predicted octanol–water partition coefficient (Wildman–Crippen LogP) is -0.0525. The van der Waals surface area contributed by atoms with Crippen molar-refractivity contribution < 1.29 is 22.8 Å². The van der Waals surface area contributed by atoms with Crippen LogP contribution < -0.4 is 9.64 Å². The van der Waals surface area contributed by atoms with E-state index in [9.17, 15) is 13.2 Å². The van der Waals surface area contributed by atoms with Crippen LogP contribution >= 0.6 is 11.8 Å². The number of carbonyl (C=O) groups excluding carboxylic acids is 1. The van der Waals surface area contributed by atoms with Crippen LogP contribution in [0.1, 0.15) is 6.42 Å². The van der Waals surface area contributed by atoms with Crippen molar-refractivity contribution in [1.29, 1.82) is 0 Å². The zero-order chi connectivity index (χ0) is 18.4. The third-order valence-electron chi connectivity index (χ3n) is 4.24. The number of sulfone groups is 1. The number of ether oxygens (including phenoxy) is 1. The Kier molecular flexibility index (Phi) is 7.15. The Morgan fingerprint density at radius 2 is 2.00 bits per heavy atom. The summed E-state index contributed by atoms with van der Waals surface area (Å²) in [5.74, 6) is 1.37. The second kappa shape index (κ2) is 8.91. The van der Waals surface area contributed by atoms with Crippen molar-refractivity contribution in [2.24, 2.45) is 0 Å². The van der Waals surface area contributed by atoms with Gasteiger partial charge < -0.3 is 14.5 Å². The summed E-state index contributed by atoms with van der Waals surface area (Å²) in [6, 6.07) is 7.39. The largest absolute Gasteiger partial charge is 0.497 e. The SMILES string of the molecule is COc1ccc(SCC(=O)N(CC[NH+](C)C)[C@H]2CCS(=O)(=O)C2)cc1. The van der Waals surface area contributed by atoms with E-state index in [1.54, 1.807) is 12.0 Å². The molecule has 8 heteroatoms. The minimum absolute atomic E-state index is 0.00386. The molecule has 1 atom stereocenters. The number of nitrogens with one attached hydrogen (secondary N) is 1. The topological polar surface area (TPSA) is 68.1 Å². The molecular formula is C17H27N2O4S2+. The number of methoxy groups -OCH3 is 1. The maximum atomic E-state index is 12.7. The highest BCUT2D eigenvalue weighted by atomic mass is 32.2. The van der Waals surface area contributed by atoms with Crippen LogP contribution in [0.2, 0.25) is 0 Å². The summed E-state index contributed by atoms with van der Waals surface area (Å²) < 4.78 is 28.7. The van der Waals surface area contributed by atoms with Crippen LogP contribution in [-0.2, 0) is 14.6 Å². The molecule has 1 fully saturated rings. The Balaban J connectivity index is 1.98. The first-order chi connectivity index (χ1) is 11.8. The maximum Gasteiger partial charge on any atom is 0.233 e. The van der Waals surface area contributed by atoms with E-state index in [-0.39, 0.29) is 23.5 Å². The van der Waals surface area contributed by atoms with Gasteiger partial charge in [-0.25, -0.2) is 8.42 Å². The molecule has 0 radical (unpaired) electrons. The Labute approximate surface area is 154 Å². The summed E-state index contributed by atoms with van der Waals surface area (Å²) in [7, 11) is 2.66. The van der Waals surface area contributed by atoms with Gasteiger partial charge in [-0.3, -0.25) is 4.79 Å². The zero-order valence-corrected chi connectivity index (χ0v) is 16.7. The summed E-state index contributed by atoms with van der Waals surface area (Å²) >= 11 is 1.47. The fourth-order valence-corrected chi connectivity index (χ4v) is 5.29. The lowest BCUT2D eigenvalue weighted by atomic mass is 10.2. The highest BCUT2D eigenvalue weighted by molar-refractivity contribution is 8.00. The van der Waals surface area contributed by atoms with Crippen molar-refractivity contribution in [2.45, 2.75) is 17.4 Å². The van der Waals surface area contributed by atoms with E-state index in [4.69, 9.17) is 4.74 Å². The van der Waals surface area contributed by atoms with Gasteiger partial charge in [-0.2, -0.15) is 0 Å². The van der Waals surface area contributed by atoms with Crippen molar-refractivity contribution in [3.63, 3.8) is 0 Å². The average Bonchev–Trinajstić information content (AvgIpc) is 2.93. The number of nitrogens with zero attached hydrogens (tertiary/aromatic N) is 1. The van der Waals surface area contributed by atoms with Gasteiger partial charge in [0.2, 0.25) is 5.91 Å². The first-order valence-electron chi connectivity index (χ1n) is 8.36. The van der Waals surface area contributed by atoms with Gasteiger partial charge in [-0.05, 0) is 30.7 Å². The lowest BCUT2D eigenvalue weighted by molar-refractivity contribution is -0.857. The molecule has 1 saturated heterocycles. The quantitative estimate of drug-likeness (QED) is 0.634. The molecular weight excluding hydrogens is 360 g/mol. The lowest BCUT2D eigenvalue weighted by Crippen LogP contribution is -3.06. The number of likely N-dealkylation sites (N-methyl/N-ethyl adjacent to an activating group) is 1. The van der Waals surface area contributed by atoms with Crippen LogP contribution in [0.3, 0.4) is 0 Å². The summed E-state index contributed by atoms with van der Waals surface area (Å²) in [6.07, 6.45) is 0.546. The van der Waals surface area contributed by atoms with Crippen molar-refractivity contribution in [3.05, 3.63) is 24.3 Å². The van der Waals surface area contributed by atoms with Gasteiger partial charge >= 0.3 is 0 Å². The number of benzene rings is 1. The normalized spacial score (nSPS) is 19.1. The number of carbonyl (C=O) groups is 1.